The largest absolute Gasteiger partial charge is 0.497 e. The average molecular weight is 282 g/mol. The number of hydrogen-bond acceptors (Lipinski definition) is 5. The van der Waals surface area contributed by atoms with Crippen molar-refractivity contribution in [3.63, 3.8) is 0 Å². The molecule has 0 saturated carbocycles. The molecule has 0 bridgehead atoms. The Kier molecular flexibility index (Phi) is 4.83. The summed E-state index contributed by atoms with van der Waals surface area (Å²) in [5.74, 6) is 0.552. The van der Waals surface area contributed by atoms with Gasteiger partial charge in [0.25, 0.3) is 5.91 Å². The molecule has 1 aromatic rings. The number of ether oxygens (including phenoxy) is 2. The van der Waals surface area contributed by atoms with Crippen LogP contribution in [-0.4, -0.2) is 49.3 Å². The van der Waals surface area contributed by atoms with Crippen molar-refractivity contribution in [2.45, 2.75) is 19.4 Å². The molecule has 0 aliphatic rings. The van der Waals surface area contributed by atoms with Gasteiger partial charge in [0.2, 0.25) is 0 Å². The predicted molar refractivity (Wildman–Crippen MR) is 77.2 cm³/mol. The Labute approximate surface area is 119 Å². The van der Waals surface area contributed by atoms with Crippen LogP contribution in [0.4, 0.5) is 5.69 Å². The van der Waals surface area contributed by atoms with Gasteiger partial charge in [-0.3, -0.25) is 4.79 Å². The first-order chi connectivity index (χ1) is 9.28. The standard InChI is InChI=1S/C14H22N2O4/c1-14(2,8-17)16(3)13(18)10-6-9(19-4)7-11(20-5)12(10)15/h6-7,17H,8,15H2,1-5H3. The van der Waals surface area contributed by atoms with Gasteiger partial charge in [0.05, 0.1) is 37.6 Å². The van der Waals surface area contributed by atoms with Gasteiger partial charge >= 0.3 is 0 Å². The van der Waals surface area contributed by atoms with E-state index >= 15 is 0 Å². The van der Waals surface area contributed by atoms with E-state index in [2.05, 4.69) is 0 Å². The molecule has 6 heteroatoms. The van der Waals surface area contributed by atoms with E-state index in [-0.39, 0.29) is 23.8 Å². The highest BCUT2D eigenvalue weighted by molar-refractivity contribution is 6.01. The van der Waals surface area contributed by atoms with Crippen LogP contribution < -0.4 is 15.2 Å². The summed E-state index contributed by atoms with van der Waals surface area (Å²) in [7, 11) is 4.59. The fourth-order valence-electron chi connectivity index (χ4n) is 1.63. The number of benzene rings is 1. The zero-order chi connectivity index (χ0) is 15.5. The molecular formula is C14H22N2O4. The number of nitrogens with two attached hydrogens (primary N) is 1. The quantitative estimate of drug-likeness (QED) is 0.791. The van der Waals surface area contributed by atoms with E-state index in [0.29, 0.717) is 11.5 Å². The molecule has 1 rings (SSSR count). The Morgan fingerprint density at radius 3 is 2.40 bits per heavy atom. The summed E-state index contributed by atoms with van der Waals surface area (Å²) in [4.78, 5) is 14.0. The van der Waals surface area contributed by atoms with Crippen LogP contribution in [0.25, 0.3) is 0 Å². The lowest BCUT2D eigenvalue weighted by molar-refractivity contribution is 0.0473. The molecule has 1 amide bonds. The molecule has 3 N–H and O–H groups in total. The number of nitrogens with zero attached hydrogens (tertiary/aromatic N) is 1. The number of carbonyl (C=O) groups is 1. The minimum absolute atomic E-state index is 0.156. The summed E-state index contributed by atoms with van der Waals surface area (Å²) in [6, 6.07) is 3.17. The minimum atomic E-state index is -0.695. The van der Waals surface area contributed by atoms with E-state index < -0.39 is 5.54 Å². The van der Waals surface area contributed by atoms with Gasteiger partial charge in [-0.2, -0.15) is 0 Å². The van der Waals surface area contributed by atoms with E-state index in [1.807, 2.05) is 0 Å². The molecule has 0 unspecified atom stereocenters. The third-order valence-electron chi connectivity index (χ3n) is 3.40. The first kappa shape index (κ1) is 16.1. The molecule has 0 atom stereocenters. The molecule has 20 heavy (non-hydrogen) atoms. The van der Waals surface area contributed by atoms with Crippen molar-refractivity contribution in [3.05, 3.63) is 17.7 Å². The monoisotopic (exact) mass is 282 g/mol. The Hall–Kier alpha value is -1.95. The van der Waals surface area contributed by atoms with Crippen LogP contribution in [0, 0.1) is 0 Å². The Morgan fingerprint density at radius 1 is 1.35 bits per heavy atom. The summed E-state index contributed by atoms with van der Waals surface area (Å²) >= 11 is 0. The van der Waals surface area contributed by atoms with Crippen molar-refractivity contribution in [3.8, 4) is 11.5 Å². The second kappa shape index (κ2) is 6.00. The number of carbonyl (C=O) groups excluding carboxylic acids is 1. The Bertz CT molecular complexity index is 500. The molecule has 112 valence electrons. The van der Waals surface area contributed by atoms with Crippen LogP contribution >= 0.6 is 0 Å². The van der Waals surface area contributed by atoms with Crippen LogP contribution in [0.5, 0.6) is 11.5 Å². The number of nitrogen functional groups attached to an aromatic ring is 1. The zero-order valence-electron chi connectivity index (χ0n) is 12.6. The Balaban J connectivity index is 3.28. The first-order valence-electron chi connectivity index (χ1n) is 6.19. The van der Waals surface area contributed by atoms with Gasteiger partial charge in [-0.1, -0.05) is 0 Å². The lowest BCUT2D eigenvalue weighted by Gasteiger charge is -2.34. The second-order valence-corrected chi connectivity index (χ2v) is 5.13. The highest BCUT2D eigenvalue weighted by Crippen LogP contribution is 2.32. The fourth-order valence-corrected chi connectivity index (χ4v) is 1.63. The fraction of sp³-hybridized carbons (Fsp3) is 0.500. The maximum absolute atomic E-state index is 12.5. The maximum atomic E-state index is 12.5. The van der Waals surface area contributed by atoms with E-state index in [0.717, 1.165) is 0 Å². The van der Waals surface area contributed by atoms with E-state index in [4.69, 9.17) is 15.2 Å². The molecule has 0 radical (unpaired) electrons. The van der Waals surface area contributed by atoms with Gasteiger partial charge in [0, 0.05) is 13.1 Å². The van der Waals surface area contributed by atoms with Crippen LogP contribution in [0.1, 0.15) is 24.2 Å². The molecule has 1 aromatic carbocycles. The number of amides is 1. The van der Waals surface area contributed by atoms with Crippen LogP contribution in [0.15, 0.2) is 12.1 Å². The van der Waals surface area contributed by atoms with E-state index in [1.165, 1.54) is 19.1 Å². The van der Waals surface area contributed by atoms with Crippen molar-refractivity contribution < 1.29 is 19.4 Å². The molecule has 0 spiro atoms. The average Bonchev–Trinajstić information content (AvgIpc) is 2.45. The molecule has 0 heterocycles. The third-order valence-corrected chi connectivity index (χ3v) is 3.40. The number of hydrogen-bond donors (Lipinski definition) is 2. The Morgan fingerprint density at radius 2 is 1.95 bits per heavy atom. The lowest BCUT2D eigenvalue weighted by atomic mass is 10.0. The first-order valence-corrected chi connectivity index (χ1v) is 6.19. The summed E-state index contributed by atoms with van der Waals surface area (Å²) in [6.07, 6.45) is 0. The third kappa shape index (κ3) is 2.96. The number of methoxy groups -OCH3 is 2. The van der Waals surface area contributed by atoms with Crippen molar-refractivity contribution in [2.75, 3.05) is 33.6 Å². The highest BCUT2D eigenvalue weighted by Gasteiger charge is 2.29. The van der Waals surface area contributed by atoms with Gasteiger partial charge < -0.3 is 25.2 Å². The number of rotatable bonds is 5. The van der Waals surface area contributed by atoms with Gasteiger partial charge in [-0.05, 0) is 19.9 Å². The van der Waals surface area contributed by atoms with Crippen molar-refractivity contribution in [2.24, 2.45) is 0 Å². The molecule has 0 fully saturated rings. The summed E-state index contributed by atoms with van der Waals surface area (Å²) in [5.41, 5.74) is 5.79. The van der Waals surface area contributed by atoms with E-state index in [1.54, 1.807) is 33.0 Å². The summed E-state index contributed by atoms with van der Waals surface area (Å²) in [6.45, 7) is 3.37. The number of aliphatic hydroxyl groups is 1. The minimum Gasteiger partial charge on any atom is -0.497 e. The smallest absolute Gasteiger partial charge is 0.256 e. The zero-order valence-corrected chi connectivity index (χ0v) is 12.6. The lowest BCUT2D eigenvalue weighted by Crippen LogP contribution is -2.47. The summed E-state index contributed by atoms with van der Waals surface area (Å²) in [5, 5.41) is 9.36. The second-order valence-electron chi connectivity index (χ2n) is 5.13. The molecule has 0 saturated heterocycles. The molecule has 0 aliphatic carbocycles. The van der Waals surface area contributed by atoms with Gasteiger partial charge in [-0.15, -0.1) is 0 Å². The molecule has 6 nitrogen and oxygen atoms in total. The van der Waals surface area contributed by atoms with Crippen LogP contribution in [-0.2, 0) is 0 Å². The van der Waals surface area contributed by atoms with Crippen molar-refractivity contribution >= 4 is 11.6 Å². The molecule has 0 aromatic heterocycles. The van der Waals surface area contributed by atoms with Crippen LogP contribution in [0.3, 0.4) is 0 Å². The van der Waals surface area contributed by atoms with Gasteiger partial charge in [0.1, 0.15) is 11.5 Å². The summed E-state index contributed by atoms with van der Waals surface area (Å²) < 4.78 is 10.3. The molecular weight excluding hydrogens is 260 g/mol. The normalized spacial score (nSPS) is 11.1. The van der Waals surface area contributed by atoms with E-state index in [9.17, 15) is 9.90 Å². The number of anilines is 1. The van der Waals surface area contributed by atoms with Crippen molar-refractivity contribution in [1.29, 1.82) is 0 Å². The maximum Gasteiger partial charge on any atom is 0.256 e. The van der Waals surface area contributed by atoms with Gasteiger partial charge in [0.15, 0.2) is 0 Å². The van der Waals surface area contributed by atoms with Crippen LogP contribution in [0.2, 0.25) is 0 Å². The topological polar surface area (TPSA) is 85.0 Å². The SMILES string of the molecule is COc1cc(OC)c(N)c(C(=O)N(C)C(C)(C)CO)c1. The number of aliphatic hydroxyl groups excluding tert-OH is 1. The number of likely N-dealkylation sites (N-methyl/N-ethyl adjacent to an activating group) is 1. The highest BCUT2D eigenvalue weighted by atomic mass is 16.5. The predicted octanol–water partition coefficient (Wildman–Crippen LogP) is 1.13. The van der Waals surface area contributed by atoms with Crippen molar-refractivity contribution in [1.82, 2.24) is 4.90 Å². The molecule has 0 aliphatic heterocycles. The van der Waals surface area contributed by atoms with Gasteiger partial charge in [-0.25, -0.2) is 0 Å².